The molecule has 282 valence electrons. The van der Waals surface area contributed by atoms with Gasteiger partial charge in [-0.05, 0) is 137 Å². The number of fused-ring (bicyclic) bond motifs is 7. The first-order valence-corrected chi connectivity index (χ1v) is 20.6. The van der Waals surface area contributed by atoms with Crippen LogP contribution in [0, 0.1) is 0 Å². The van der Waals surface area contributed by atoms with Gasteiger partial charge in [-0.2, -0.15) is 0 Å². The van der Waals surface area contributed by atoms with Crippen molar-refractivity contribution >= 4 is 66.3 Å². The summed E-state index contributed by atoms with van der Waals surface area (Å²) in [6.45, 7) is 6.24. The third kappa shape index (κ3) is 5.76. The van der Waals surface area contributed by atoms with Gasteiger partial charge in [0.25, 0.3) is 0 Å². The maximum atomic E-state index is 5.13. The fourth-order valence-corrected chi connectivity index (χ4v) is 9.30. The molecule has 0 aliphatic carbocycles. The Morgan fingerprint density at radius 1 is 0.450 bits per heavy atom. The van der Waals surface area contributed by atoms with Gasteiger partial charge in [-0.15, -0.1) is 0 Å². The van der Waals surface area contributed by atoms with Crippen LogP contribution in [-0.2, 0) is 0 Å². The fraction of sp³-hybridized carbons (Fsp3) is 0.0172. The second-order valence-electron chi connectivity index (χ2n) is 15.5. The van der Waals surface area contributed by atoms with E-state index in [4.69, 9.17) is 4.98 Å². The number of hydrogen-bond donors (Lipinski definition) is 0. The predicted molar refractivity (Wildman–Crippen MR) is 258 cm³/mol. The van der Waals surface area contributed by atoms with Gasteiger partial charge in [0.2, 0.25) is 0 Å². The largest absolute Gasteiger partial charge is 0.292 e. The lowest BCUT2D eigenvalue weighted by Gasteiger charge is -2.19. The van der Waals surface area contributed by atoms with Crippen LogP contribution in [0.5, 0.6) is 0 Å². The summed E-state index contributed by atoms with van der Waals surface area (Å²) in [4.78, 5) is 5.13. The van der Waals surface area contributed by atoms with Crippen LogP contribution in [0.4, 0.5) is 0 Å². The van der Waals surface area contributed by atoms with Crippen molar-refractivity contribution in [2.75, 3.05) is 0 Å². The molecule has 10 aromatic carbocycles. The third-order valence-electron chi connectivity index (χ3n) is 12.1. The topological polar surface area (TPSA) is 17.8 Å². The number of imidazole rings is 1. The lowest BCUT2D eigenvalue weighted by molar-refractivity contribution is 1.10. The van der Waals surface area contributed by atoms with E-state index < -0.39 is 0 Å². The molecule has 0 aliphatic heterocycles. The van der Waals surface area contributed by atoms with E-state index in [1.807, 2.05) is 6.08 Å². The Bertz CT molecular complexity index is 3490. The van der Waals surface area contributed by atoms with Gasteiger partial charge in [-0.3, -0.25) is 4.57 Å². The molecule has 2 nitrogen and oxygen atoms in total. The van der Waals surface area contributed by atoms with Crippen LogP contribution in [0.3, 0.4) is 0 Å². The van der Waals surface area contributed by atoms with Crippen molar-refractivity contribution in [3.8, 4) is 50.5 Å². The molecule has 1 aromatic heterocycles. The minimum absolute atomic E-state index is 0.927. The molecule has 0 fully saturated rings. The summed E-state index contributed by atoms with van der Waals surface area (Å²) in [5, 5.41) is 9.89. The zero-order chi connectivity index (χ0) is 40.2. The summed E-state index contributed by atoms with van der Waals surface area (Å²) in [6.07, 6.45) is 6.29. The number of hydrogen-bond acceptors (Lipinski definition) is 1. The first kappa shape index (κ1) is 35.4. The molecular formula is C58H40N2. The summed E-state index contributed by atoms with van der Waals surface area (Å²) in [5.41, 5.74) is 13.7. The van der Waals surface area contributed by atoms with E-state index in [0.29, 0.717) is 0 Å². The molecule has 0 spiro atoms. The summed E-state index contributed by atoms with van der Waals surface area (Å²) >= 11 is 0. The molecule has 11 rings (SSSR count). The monoisotopic (exact) mass is 764 g/mol. The summed E-state index contributed by atoms with van der Waals surface area (Å²) in [5.74, 6) is 0.927. The molecule has 0 amide bonds. The van der Waals surface area contributed by atoms with Crippen molar-refractivity contribution in [2.45, 2.75) is 6.92 Å². The van der Waals surface area contributed by atoms with Crippen LogP contribution in [0.15, 0.2) is 207 Å². The second-order valence-corrected chi connectivity index (χ2v) is 15.5. The van der Waals surface area contributed by atoms with Crippen LogP contribution >= 0.6 is 0 Å². The molecule has 0 bridgehead atoms. The fourth-order valence-electron chi connectivity index (χ4n) is 9.30. The second kappa shape index (κ2) is 14.5. The van der Waals surface area contributed by atoms with Crippen molar-refractivity contribution in [1.82, 2.24) is 9.55 Å². The first-order valence-electron chi connectivity index (χ1n) is 20.6. The highest BCUT2D eigenvalue weighted by Crippen LogP contribution is 2.45. The Morgan fingerprint density at radius 2 is 1.07 bits per heavy atom. The minimum Gasteiger partial charge on any atom is -0.292 e. The van der Waals surface area contributed by atoms with Crippen LogP contribution in [0.1, 0.15) is 18.1 Å². The maximum Gasteiger partial charge on any atom is 0.145 e. The van der Waals surface area contributed by atoms with Crippen LogP contribution in [-0.4, -0.2) is 9.55 Å². The van der Waals surface area contributed by atoms with Crippen LogP contribution in [0.2, 0.25) is 0 Å². The van der Waals surface area contributed by atoms with Gasteiger partial charge in [-0.1, -0.05) is 176 Å². The summed E-state index contributed by atoms with van der Waals surface area (Å²) < 4.78 is 2.26. The molecule has 0 saturated carbocycles. The average molecular weight is 765 g/mol. The van der Waals surface area contributed by atoms with E-state index in [1.165, 1.54) is 76.5 Å². The zero-order valence-corrected chi connectivity index (χ0v) is 33.3. The molecule has 0 radical (unpaired) electrons. The van der Waals surface area contributed by atoms with Gasteiger partial charge in [-0.25, -0.2) is 4.98 Å². The van der Waals surface area contributed by atoms with Crippen LogP contribution < -0.4 is 0 Å². The smallest absolute Gasteiger partial charge is 0.145 e. The van der Waals surface area contributed by atoms with Crippen molar-refractivity contribution in [1.29, 1.82) is 0 Å². The molecule has 11 aromatic rings. The van der Waals surface area contributed by atoms with Gasteiger partial charge in [0, 0.05) is 11.3 Å². The number of benzene rings is 10. The van der Waals surface area contributed by atoms with Gasteiger partial charge >= 0.3 is 0 Å². The molecule has 0 saturated heterocycles. The minimum atomic E-state index is 0.927. The highest BCUT2D eigenvalue weighted by Gasteiger charge is 2.19. The van der Waals surface area contributed by atoms with Gasteiger partial charge in [0.05, 0.1) is 11.0 Å². The SMILES string of the molecule is C=Cc1cccc(-c2cc3c4ccc(-c5ccc(-c6nc7ccccc7n6-c6ccccc6)cc5)cc4c(-c4cccc5ccccc45)cc3c3ccccc23)c1/C=C\C. The number of nitrogens with zero attached hydrogens (tertiary/aromatic N) is 2. The normalized spacial score (nSPS) is 11.8. The number of allylic oxidation sites excluding steroid dienone is 1. The Hall–Kier alpha value is -7.81. The van der Waals surface area contributed by atoms with Crippen molar-refractivity contribution in [2.24, 2.45) is 0 Å². The number of para-hydroxylation sites is 3. The Balaban J connectivity index is 1.15. The van der Waals surface area contributed by atoms with Crippen molar-refractivity contribution < 1.29 is 0 Å². The van der Waals surface area contributed by atoms with E-state index in [0.717, 1.165) is 39.2 Å². The van der Waals surface area contributed by atoms with E-state index in [9.17, 15) is 0 Å². The standard InChI is InChI=1S/C58H40N2/c1-3-16-44-38(4-2)18-14-25-46(44)52-36-55-50-34-33-42(39-29-31-41(32-30-39)58-59-56-27-12-13-28-57(56)60(58)43-20-6-5-7-21-43)35-51(50)53(37-54(55)49-24-11-10-23-48(49)52)47-26-15-19-40-17-8-9-22-45(40)47/h3-37H,2H2,1H3/b16-3-. The van der Waals surface area contributed by atoms with Crippen LogP contribution in [0.25, 0.3) is 117 Å². The van der Waals surface area contributed by atoms with Crippen molar-refractivity contribution in [3.05, 3.63) is 218 Å². The van der Waals surface area contributed by atoms with E-state index in [2.05, 4.69) is 224 Å². The Kier molecular flexibility index (Phi) is 8.57. The van der Waals surface area contributed by atoms with E-state index in [1.54, 1.807) is 0 Å². The van der Waals surface area contributed by atoms with Gasteiger partial charge in [0.15, 0.2) is 0 Å². The quantitative estimate of drug-likeness (QED) is 0.148. The van der Waals surface area contributed by atoms with Gasteiger partial charge < -0.3 is 0 Å². The highest BCUT2D eigenvalue weighted by molar-refractivity contribution is 6.25. The predicted octanol–water partition coefficient (Wildman–Crippen LogP) is 16.0. The molecule has 0 N–H and O–H groups in total. The number of aromatic nitrogens is 2. The molecule has 1 heterocycles. The Morgan fingerprint density at radius 3 is 1.87 bits per heavy atom. The Labute approximate surface area is 349 Å². The number of rotatable bonds is 7. The van der Waals surface area contributed by atoms with Gasteiger partial charge in [0.1, 0.15) is 5.82 Å². The molecule has 0 unspecified atom stereocenters. The summed E-state index contributed by atoms with van der Waals surface area (Å²) in [7, 11) is 0. The van der Waals surface area contributed by atoms with E-state index in [-0.39, 0.29) is 0 Å². The van der Waals surface area contributed by atoms with E-state index >= 15 is 0 Å². The highest BCUT2D eigenvalue weighted by atomic mass is 15.1. The lowest BCUT2D eigenvalue weighted by Crippen LogP contribution is -1.97. The lowest BCUT2D eigenvalue weighted by atomic mass is 9.84. The third-order valence-corrected chi connectivity index (χ3v) is 12.1. The average Bonchev–Trinajstić information content (AvgIpc) is 3.71. The molecule has 60 heavy (non-hydrogen) atoms. The first-order chi connectivity index (χ1) is 29.7. The molecule has 2 heteroatoms. The molecule has 0 aliphatic rings. The summed E-state index contributed by atoms with van der Waals surface area (Å²) in [6, 6.07) is 70.5. The zero-order valence-electron chi connectivity index (χ0n) is 33.3. The molecular weight excluding hydrogens is 725 g/mol. The molecule has 0 atom stereocenters. The van der Waals surface area contributed by atoms with Crippen molar-refractivity contribution in [3.63, 3.8) is 0 Å². The maximum absolute atomic E-state index is 5.13.